The summed E-state index contributed by atoms with van der Waals surface area (Å²) in [4.78, 5) is 12.1. The third-order valence-electron chi connectivity index (χ3n) is 4.06. The van der Waals surface area contributed by atoms with Crippen LogP contribution in [-0.4, -0.2) is 35.7 Å². The summed E-state index contributed by atoms with van der Waals surface area (Å²) in [5.41, 5.74) is 5.43. The summed E-state index contributed by atoms with van der Waals surface area (Å²) in [6.07, 6.45) is 1.48. The molecule has 0 bridgehead atoms. The summed E-state index contributed by atoms with van der Waals surface area (Å²) in [7, 11) is 0. The first-order valence-corrected chi connectivity index (χ1v) is 6.77. The van der Waals surface area contributed by atoms with E-state index in [4.69, 9.17) is 15.7 Å². The second-order valence-electron chi connectivity index (χ2n) is 5.55. The van der Waals surface area contributed by atoms with Crippen molar-refractivity contribution in [1.82, 2.24) is 5.32 Å². The highest BCUT2D eigenvalue weighted by Gasteiger charge is 2.49. The molecule has 1 rings (SSSR count). The SMILES string of the molecule is CCOC1CC(NC(=O)C(CC)C(N)=NO)C1(C)C. The number of amides is 1. The number of carbonyl (C=O) groups excluding carboxylic acids is 1. The lowest BCUT2D eigenvalue weighted by Gasteiger charge is -2.51. The molecule has 1 amide bonds. The molecular weight excluding hydrogens is 246 g/mol. The van der Waals surface area contributed by atoms with E-state index >= 15 is 0 Å². The highest BCUT2D eigenvalue weighted by Crippen LogP contribution is 2.42. The maximum Gasteiger partial charge on any atom is 0.231 e. The van der Waals surface area contributed by atoms with Crippen molar-refractivity contribution in [3.8, 4) is 0 Å². The maximum atomic E-state index is 12.1. The number of rotatable bonds is 6. The van der Waals surface area contributed by atoms with Crippen molar-refractivity contribution < 1.29 is 14.7 Å². The van der Waals surface area contributed by atoms with Gasteiger partial charge in [-0.2, -0.15) is 0 Å². The minimum Gasteiger partial charge on any atom is -0.409 e. The van der Waals surface area contributed by atoms with E-state index < -0.39 is 5.92 Å². The molecule has 0 aromatic carbocycles. The van der Waals surface area contributed by atoms with E-state index in [0.717, 1.165) is 6.42 Å². The third-order valence-corrected chi connectivity index (χ3v) is 4.06. The molecule has 0 saturated heterocycles. The van der Waals surface area contributed by atoms with E-state index in [-0.39, 0.29) is 29.3 Å². The van der Waals surface area contributed by atoms with Crippen molar-refractivity contribution in [1.29, 1.82) is 0 Å². The maximum absolute atomic E-state index is 12.1. The zero-order valence-electron chi connectivity index (χ0n) is 12.1. The number of nitrogens with two attached hydrogens (primary N) is 1. The normalized spacial score (nSPS) is 27.5. The van der Waals surface area contributed by atoms with Gasteiger partial charge in [-0.1, -0.05) is 25.9 Å². The van der Waals surface area contributed by atoms with Gasteiger partial charge in [-0.3, -0.25) is 4.79 Å². The Morgan fingerprint density at radius 3 is 2.63 bits per heavy atom. The van der Waals surface area contributed by atoms with Crippen LogP contribution in [0.3, 0.4) is 0 Å². The second-order valence-corrected chi connectivity index (χ2v) is 5.55. The van der Waals surface area contributed by atoms with Gasteiger partial charge in [0.25, 0.3) is 0 Å². The molecule has 0 aliphatic heterocycles. The van der Waals surface area contributed by atoms with Crippen LogP contribution in [0.5, 0.6) is 0 Å². The summed E-state index contributed by atoms with van der Waals surface area (Å²) < 4.78 is 5.62. The van der Waals surface area contributed by atoms with Crippen molar-refractivity contribution in [2.24, 2.45) is 22.2 Å². The van der Waals surface area contributed by atoms with Crippen LogP contribution in [0.4, 0.5) is 0 Å². The largest absolute Gasteiger partial charge is 0.409 e. The van der Waals surface area contributed by atoms with E-state index in [1.807, 2.05) is 13.8 Å². The number of nitrogens with one attached hydrogen (secondary N) is 1. The Hall–Kier alpha value is -1.30. The van der Waals surface area contributed by atoms with Crippen molar-refractivity contribution in [2.75, 3.05) is 6.61 Å². The van der Waals surface area contributed by atoms with Gasteiger partial charge in [0.15, 0.2) is 5.84 Å². The molecule has 0 radical (unpaired) electrons. The van der Waals surface area contributed by atoms with Gasteiger partial charge in [-0.05, 0) is 19.8 Å². The zero-order valence-corrected chi connectivity index (χ0v) is 12.1. The van der Waals surface area contributed by atoms with Gasteiger partial charge < -0.3 is 21.0 Å². The van der Waals surface area contributed by atoms with Gasteiger partial charge in [0, 0.05) is 18.1 Å². The molecule has 1 aliphatic carbocycles. The van der Waals surface area contributed by atoms with Gasteiger partial charge in [0.2, 0.25) is 5.91 Å². The summed E-state index contributed by atoms with van der Waals surface area (Å²) in [6.45, 7) is 8.62. The fourth-order valence-electron chi connectivity index (χ4n) is 2.49. The van der Waals surface area contributed by atoms with E-state index in [2.05, 4.69) is 24.3 Å². The van der Waals surface area contributed by atoms with Crippen LogP contribution in [0.1, 0.15) is 40.5 Å². The topological polar surface area (TPSA) is 96.9 Å². The minimum absolute atomic E-state index is 0.0431. The molecule has 0 aromatic rings. The molecule has 19 heavy (non-hydrogen) atoms. The van der Waals surface area contributed by atoms with Crippen LogP contribution < -0.4 is 11.1 Å². The summed E-state index contributed by atoms with van der Waals surface area (Å²) in [5.74, 6) is -0.809. The molecule has 1 saturated carbocycles. The van der Waals surface area contributed by atoms with Gasteiger partial charge in [0.1, 0.15) is 0 Å². The Morgan fingerprint density at radius 2 is 2.21 bits per heavy atom. The van der Waals surface area contributed by atoms with Gasteiger partial charge >= 0.3 is 0 Å². The fourth-order valence-corrected chi connectivity index (χ4v) is 2.49. The van der Waals surface area contributed by atoms with Crippen LogP contribution in [0.25, 0.3) is 0 Å². The second kappa shape index (κ2) is 6.23. The minimum atomic E-state index is -0.577. The summed E-state index contributed by atoms with van der Waals surface area (Å²) in [6, 6.07) is 0.0668. The van der Waals surface area contributed by atoms with Crippen molar-refractivity contribution in [3.63, 3.8) is 0 Å². The van der Waals surface area contributed by atoms with Crippen LogP contribution in [0.2, 0.25) is 0 Å². The molecule has 6 nitrogen and oxygen atoms in total. The predicted molar refractivity (Wildman–Crippen MR) is 72.9 cm³/mol. The van der Waals surface area contributed by atoms with Crippen LogP contribution >= 0.6 is 0 Å². The molecule has 0 spiro atoms. The molecule has 1 fully saturated rings. The number of ether oxygens (including phenoxy) is 1. The Labute approximate surface area is 114 Å². The van der Waals surface area contributed by atoms with Gasteiger partial charge in [-0.15, -0.1) is 0 Å². The molecule has 4 N–H and O–H groups in total. The third kappa shape index (κ3) is 3.18. The molecule has 3 atom stereocenters. The highest BCUT2D eigenvalue weighted by molar-refractivity contribution is 6.02. The molecule has 0 aromatic heterocycles. The van der Waals surface area contributed by atoms with Crippen molar-refractivity contribution in [3.05, 3.63) is 0 Å². The van der Waals surface area contributed by atoms with E-state index in [0.29, 0.717) is 13.0 Å². The average molecular weight is 271 g/mol. The number of amidine groups is 1. The van der Waals surface area contributed by atoms with Crippen LogP contribution in [-0.2, 0) is 9.53 Å². The number of hydrogen-bond acceptors (Lipinski definition) is 4. The Kier molecular flexibility index (Phi) is 5.17. The molecule has 6 heteroatoms. The number of carbonyl (C=O) groups is 1. The quantitative estimate of drug-likeness (QED) is 0.291. The van der Waals surface area contributed by atoms with E-state index in [9.17, 15) is 4.79 Å². The van der Waals surface area contributed by atoms with Crippen LogP contribution in [0, 0.1) is 11.3 Å². The monoisotopic (exact) mass is 271 g/mol. The first-order valence-electron chi connectivity index (χ1n) is 6.77. The molecule has 1 aliphatic rings. The number of oxime groups is 1. The Morgan fingerprint density at radius 1 is 1.58 bits per heavy atom. The zero-order chi connectivity index (χ0) is 14.6. The van der Waals surface area contributed by atoms with E-state index in [1.165, 1.54) is 0 Å². The fraction of sp³-hybridized carbons (Fsp3) is 0.846. The smallest absolute Gasteiger partial charge is 0.231 e. The lowest BCUT2D eigenvalue weighted by atomic mass is 9.64. The molecular formula is C13H25N3O3. The van der Waals surface area contributed by atoms with Crippen molar-refractivity contribution >= 4 is 11.7 Å². The highest BCUT2D eigenvalue weighted by atomic mass is 16.5. The Bertz CT molecular complexity index is 355. The first-order chi connectivity index (χ1) is 8.88. The number of nitrogens with zero attached hydrogens (tertiary/aromatic N) is 1. The standard InChI is InChI=1S/C13H25N3O3/c1-5-8(11(14)16-18)12(17)15-9-7-10(19-6-2)13(9,3)4/h8-10,18H,5-7H2,1-4H3,(H2,14,16)(H,15,17). The van der Waals surface area contributed by atoms with Gasteiger partial charge in [-0.25, -0.2) is 0 Å². The summed E-state index contributed by atoms with van der Waals surface area (Å²) in [5, 5.41) is 14.6. The lowest BCUT2D eigenvalue weighted by Crippen LogP contribution is -2.63. The predicted octanol–water partition coefficient (Wildman–Crippen LogP) is 1.08. The lowest BCUT2D eigenvalue weighted by molar-refractivity contribution is -0.138. The molecule has 0 heterocycles. The van der Waals surface area contributed by atoms with E-state index in [1.54, 1.807) is 0 Å². The first kappa shape index (κ1) is 15.8. The van der Waals surface area contributed by atoms with Crippen LogP contribution in [0.15, 0.2) is 5.16 Å². The Balaban J connectivity index is 2.59. The van der Waals surface area contributed by atoms with Crippen molar-refractivity contribution in [2.45, 2.75) is 52.7 Å². The van der Waals surface area contributed by atoms with Gasteiger partial charge in [0.05, 0.1) is 12.0 Å². The molecule has 3 unspecified atom stereocenters. The average Bonchev–Trinajstić information content (AvgIpc) is 2.38. The number of hydrogen-bond donors (Lipinski definition) is 3. The molecule has 110 valence electrons. The summed E-state index contributed by atoms with van der Waals surface area (Å²) >= 11 is 0.